The van der Waals surface area contributed by atoms with Gasteiger partial charge in [0.2, 0.25) is 0 Å². The van der Waals surface area contributed by atoms with Crippen LogP contribution in [0.2, 0.25) is 5.02 Å². The van der Waals surface area contributed by atoms with Gasteiger partial charge in [-0.05, 0) is 62.6 Å². The fourth-order valence-corrected chi connectivity index (χ4v) is 3.71. The van der Waals surface area contributed by atoms with Crippen molar-refractivity contribution in [1.82, 2.24) is 4.90 Å². The molecule has 3 rings (SSSR count). The van der Waals surface area contributed by atoms with Crippen LogP contribution in [0.3, 0.4) is 0 Å². The maximum absolute atomic E-state index is 12.5. The number of esters is 1. The molecular weight excluding hydrogens is 474 g/mol. The number of nitrogens with zero attached hydrogens (tertiary/aromatic N) is 2. The Kier molecular flexibility index (Phi) is 9.32. The molecule has 0 aliphatic carbocycles. The lowest BCUT2D eigenvalue weighted by molar-refractivity contribution is -0.134. The molecule has 2 aromatic carbocycles. The van der Waals surface area contributed by atoms with Crippen LogP contribution >= 0.6 is 11.6 Å². The third-order valence-corrected chi connectivity index (χ3v) is 5.56. The van der Waals surface area contributed by atoms with Crippen LogP contribution in [0.15, 0.2) is 36.4 Å². The van der Waals surface area contributed by atoms with E-state index in [9.17, 15) is 14.4 Å². The van der Waals surface area contributed by atoms with Gasteiger partial charge in [-0.3, -0.25) is 9.59 Å². The van der Waals surface area contributed by atoms with Gasteiger partial charge in [-0.25, -0.2) is 4.79 Å². The molecule has 0 bridgehead atoms. The van der Waals surface area contributed by atoms with Crippen LogP contribution in [0.5, 0.6) is 11.5 Å². The highest BCUT2D eigenvalue weighted by atomic mass is 35.5. The first-order valence-electron chi connectivity index (χ1n) is 11.2. The van der Waals surface area contributed by atoms with Crippen LogP contribution in [0, 0.1) is 11.3 Å². The van der Waals surface area contributed by atoms with Crippen LogP contribution in [0.25, 0.3) is 0 Å². The van der Waals surface area contributed by atoms with Crippen LogP contribution in [-0.4, -0.2) is 55.6 Å². The molecular formula is C25H26ClN3O6. The van der Waals surface area contributed by atoms with Crippen molar-refractivity contribution in [3.63, 3.8) is 0 Å². The van der Waals surface area contributed by atoms with E-state index in [1.54, 1.807) is 11.8 Å². The second-order valence-corrected chi connectivity index (χ2v) is 8.16. The summed E-state index contributed by atoms with van der Waals surface area (Å²) in [5, 5.41) is 11.7. The number of benzene rings is 2. The van der Waals surface area contributed by atoms with Crippen molar-refractivity contribution in [2.75, 3.05) is 38.2 Å². The molecule has 0 radical (unpaired) electrons. The monoisotopic (exact) mass is 499 g/mol. The van der Waals surface area contributed by atoms with Crippen molar-refractivity contribution in [3.05, 3.63) is 52.5 Å². The quantitative estimate of drug-likeness (QED) is 0.521. The summed E-state index contributed by atoms with van der Waals surface area (Å²) in [7, 11) is 0. The summed E-state index contributed by atoms with van der Waals surface area (Å²) in [4.78, 5) is 38.8. The number of carbonyl (C=O) groups is 3. The molecule has 0 aromatic heterocycles. The molecule has 1 N–H and O–H groups in total. The largest absolute Gasteiger partial charge is 0.490 e. The van der Waals surface area contributed by atoms with Gasteiger partial charge in [-0.15, -0.1) is 0 Å². The Balaban J connectivity index is 1.56. The van der Waals surface area contributed by atoms with Crippen molar-refractivity contribution < 1.29 is 28.6 Å². The van der Waals surface area contributed by atoms with E-state index in [4.69, 9.17) is 31.1 Å². The minimum Gasteiger partial charge on any atom is -0.490 e. The molecule has 0 spiro atoms. The third kappa shape index (κ3) is 7.36. The zero-order valence-electron chi connectivity index (χ0n) is 19.3. The Bertz CT molecular complexity index is 1120. The van der Waals surface area contributed by atoms with Gasteiger partial charge in [-0.2, -0.15) is 5.26 Å². The molecule has 10 heteroatoms. The molecule has 184 valence electrons. The number of nitriles is 1. The number of piperidine rings is 1. The number of ether oxygens (including phenoxy) is 3. The smallest absolute Gasteiger partial charge is 0.338 e. The minimum absolute atomic E-state index is 0.0924. The van der Waals surface area contributed by atoms with Crippen molar-refractivity contribution in [2.45, 2.75) is 26.2 Å². The molecule has 1 heterocycles. The number of rotatable bonds is 9. The Morgan fingerprint density at radius 3 is 2.49 bits per heavy atom. The number of nitrogens with one attached hydrogen (secondary N) is 1. The van der Waals surface area contributed by atoms with E-state index >= 15 is 0 Å². The van der Waals surface area contributed by atoms with Crippen LogP contribution < -0.4 is 14.8 Å². The first-order valence-corrected chi connectivity index (χ1v) is 11.6. The third-order valence-electron chi connectivity index (χ3n) is 5.25. The maximum Gasteiger partial charge on any atom is 0.338 e. The first kappa shape index (κ1) is 25.8. The number of hydrogen-bond donors (Lipinski definition) is 1. The maximum atomic E-state index is 12.5. The Morgan fingerprint density at radius 2 is 1.80 bits per heavy atom. The molecule has 0 unspecified atom stereocenters. The summed E-state index contributed by atoms with van der Waals surface area (Å²) in [5.74, 6) is -0.755. The Hall–Kier alpha value is -3.77. The Labute approximate surface area is 208 Å². The standard InChI is InChI=1S/C25H26ClN3O6/c1-2-33-22-12-17(7-9-21(22)34-16-24(31)29-10-4-3-5-11-29)25(32)35-15-23(30)28-19-8-6-18(14-27)20(26)13-19/h6-9,12-13H,2-5,10-11,15-16H2,1H3,(H,28,30). The minimum atomic E-state index is -0.727. The van der Waals surface area contributed by atoms with Crippen molar-refractivity contribution in [2.24, 2.45) is 0 Å². The molecule has 0 saturated carbocycles. The zero-order chi connectivity index (χ0) is 25.2. The molecule has 35 heavy (non-hydrogen) atoms. The Morgan fingerprint density at radius 1 is 1.03 bits per heavy atom. The van der Waals surface area contributed by atoms with Gasteiger partial charge >= 0.3 is 5.97 Å². The normalized spacial score (nSPS) is 12.9. The van der Waals surface area contributed by atoms with E-state index in [0.29, 0.717) is 23.8 Å². The molecule has 1 aliphatic rings. The second kappa shape index (κ2) is 12.6. The number of anilines is 1. The molecule has 1 fully saturated rings. The summed E-state index contributed by atoms with van der Waals surface area (Å²) in [6.45, 7) is 2.93. The summed E-state index contributed by atoms with van der Waals surface area (Å²) >= 11 is 5.95. The summed E-state index contributed by atoms with van der Waals surface area (Å²) in [6.07, 6.45) is 3.11. The summed E-state index contributed by atoms with van der Waals surface area (Å²) in [5.41, 5.74) is 0.816. The average molecular weight is 500 g/mol. The highest BCUT2D eigenvalue weighted by Gasteiger charge is 2.19. The number of hydrogen-bond acceptors (Lipinski definition) is 7. The van der Waals surface area contributed by atoms with Gasteiger partial charge in [0.05, 0.1) is 22.8 Å². The molecule has 2 amide bonds. The van der Waals surface area contributed by atoms with Crippen LogP contribution in [-0.2, 0) is 14.3 Å². The highest BCUT2D eigenvalue weighted by Crippen LogP contribution is 2.29. The fraction of sp³-hybridized carbons (Fsp3) is 0.360. The van der Waals surface area contributed by atoms with Gasteiger partial charge in [0.1, 0.15) is 6.07 Å². The van der Waals surface area contributed by atoms with Gasteiger partial charge in [0.25, 0.3) is 11.8 Å². The van der Waals surface area contributed by atoms with Crippen LogP contribution in [0.1, 0.15) is 42.1 Å². The molecule has 1 saturated heterocycles. The number of likely N-dealkylation sites (tertiary alicyclic amines) is 1. The van der Waals surface area contributed by atoms with Crippen molar-refractivity contribution >= 4 is 35.1 Å². The average Bonchev–Trinajstić information content (AvgIpc) is 2.87. The fourth-order valence-electron chi connectivity index (χ4n) is 3.49. The number of halogens is 1. The lowest BCUT2D eigenvalue weighted by Gasteiger charge is -2.26. The lowest BCUT2D eigenvalue weighted by atomic mass is 10.1. The van der Waals surface area contributed by atoms with E-state index in [2.05, 4.69) is 5.32 Å². The van der Waals surface area contributed by atoms with E-state index in [0.717, 1.165) is 32.4 Å². The van der Waals surface area contributed by atoms with Crippen molar-refractivity contribution in [3.8, 4) is 17.6 Å². The molecule has 0 atom stereocenters. The number of carbonyl (C=O) groups excluding carboxylic acids is 3. The van der Waals surface area contributed by atoms with Gasteiger partial charge in [0.15, 0.2) is 24.7 Å². The summed E-state index contributed by atoms with van der Waals surface area (Å²) < 4.78 is 16.3. The van der Waals surface area contributed by atoms with Gasteiger partial charge in [-0.1, -0.05) is 11.6 Å². The predicted octanol–water partition coefficient (Wildman–Crippen LogP) is 3.80. The van der Waals surface area contributed by atoms with Crippen LogP contribution in [0.4, 0.5) is 5.69 Å². The van der Waals surface area contributed by atoms with E-state index in [-0.39, 0.29) is 28.7 Å². The van der Waals surface area contributed by atoms with Crippen molar-refractivity contribution in [1.29, 1.82) is 5.26 Å². The molecule has 1 aliphatic heterocycles. The number of amides is 2. The zero-order valence-corrected chi connectivity index (χ0v) is 20.1. The summed E-state index contributed by atoms with van der Waals surface area (Å²) in [6, 6.07) is 10.8. The lowest BCUT2D eigenvalue weighted by Crippen LogP contribution is -2.38. The SMILES string of the molecule is CCOc1cc(C(=O)OCC(=O)Nc2ccc(C#N)c(Cl)c2)ccc1OCC(=O)N1CCCCC1. The predicted molar refractivity (Wildman–Crippen MR) is 129 cm³/mol. The van der Waals surface area contributed by atoms with E-state index in [1.165, 1.54) is 36.4 Å². The molecule has 2 aromatic rings. The van der Waals surface area contributed by atoms with E-state index < -0.39 is 18.5 Å². The molecule has 9 nitrogen and oxygen atoms in total. The van der Waals surface area contributed by atoms with Gasteiger partial charge < -0.3 is 24.4 Å². The van der Waals surface area contributed by atoms with E-state index in [1.807, 2.05) is 6.07 Å². The first-order chi connectivity index (χ1) is 16.9. The highest BCUT2D eigenvalue weighted by molar-refractivity contribution is 6.32. The van der Waals surface area contributed by atoms with Gasteiger partial charge in [0, 0.05) is 18.8 Å². The topological polar surface area (TPSA) is 118 Å². The second-order valence-electron chi connectivity index (χ2n) is 7.76.